The Kier molecular flexibility index (Phi) is 5.38. The van der Waals surface area contributed by atoms with Crippen molar-refractivity contribution in [1.82, 2.24) is 4.98 Å². The van der Waals surface area contributed by atoms with Crippen LogP contribution in [0.3, 0.4) is 0 Å². The van der Waals surface area contributed by atoms with Crippen molar-refractivity contribution in [1.29, 1.82) is 0 Å². The van der Waals surface area contributed by atoms with Crippen LogP contribution in [0.4, 0.5) is 10.8 Å². The molecule has 26 heavy (non-hydrogen) atoms. The summed E-state index contributed by atoms with van der Waals surface area (Å²) in [5.41, 5.74) is 0.818. The van der Waals surface area contributed by atoms with Crippen molar-refractivity contribution in [2.75, 3.05) is 12.4 Å². The van der Waals surface area contributed by atoms with Crippen molar-refractivity contribution in [3.05, 3.63) is 52.6 Å². The Bertz CT molecular complexity index is 956. The van der Waals surface area contributed by atoms with Crippen molar-refractivity contribution in [3.63, 3.8) is 0 Å². The summed E-state index contributed by atoms with van der Waals surface area (Å²) in [7, 11) is 1.60. The molecule has 0 fully saturated rings. The SMILES string of the molecule is COc1ccc2nc(NC(=O)C(C)Sc3ccc([N+](=O)[O-])cc3)sc2c1. The number of thioether (sulfide) groups is 1. The predicted molar refractivity (Wildman–Crippen MR) is 103 cm³/mol. The highest BCUT2D eigenvalue weighted by Gasteiger charge is 2.17. The molecule has 0 bridgehead atoms. The minimum Gasteiger partial charge on any atom is -0.497 e. The number of methoxy groups -OCH3 is 1. The predicted octanol–water partition coefficient (Wildman–Crippen LogP) is 4.33. The standard InChI is InChI=1S/C17H15N3O4S2/c1-10(25-13-6-3-11(4-7-13)20(22)23)16(21)19-17-18-14-8-5-12(24-2)9-15(14)26-17/h3-10H,1-2H3,(H,18,19,21). The number of thiazole rings is 1. The van der Waals surface area contributed by atoms with E-state index in [1.807, 2.05) is 18.2 Å². The second kappa shape index (κ2) is 7.71. The number of rotatable bonds is 6. The Morgan fingerprint density at radius 1 is 1.31 bits per heavy atom. The molecule has 0 aliphatic rings. The van der Waals surface area contributed by atoms with E-state index in [-0.39, 0.29) is 16.8 Å². The molecule has 0 radical (unpaired) electrons. The fraction of sp³-hybridized carbons (Fsp3) is 0.176. The summed E-state index contributed by atoms with van der Waals surface area (Å²) in [6.45, 7) is 1.78. The number of nitro groups is 1. The first-order chi connectivity index (χ1) is 12.5. The van der Waals surface area contributed by atoms with E-state index >= 15 is 0 Å². The highest BCUT2D eigenvalue weighted by molar-refractivity contribution is 8.00. The van der Waals surface area contributed by atoms with Gasteiger partial charge in [0.25, 0.3) is 5.69 Å². The van der Waals surface area contributed by atoms with Crippen LogP contribution in [0, 0.1) is 10.1 Å². The Morgan fingerprint density at radius 3 is 2.69 bits per heavy atom. The van der Waals surface area contributed by atoms with Crippen molar-refractivity contribution >= 4 is 50.0 Å². The molecule has 1 atom stereocenters. The molecule has 1 amide bonds. The van der Waals surface area contributed by atoms with Crippen LogP contribution < -0.4 is 10.1 Å². The van der Waals surface area contributed by atoms with E-state index in [0.29, 0.717) is 5.13 Å². The van der Waals surface area contributed by atoms with Crippen LogP contribution in [0.5, 0.6) is 5.75 Å². The molecule has 7 nitrogen and oxygen atoms in total. The van der Waals surface area contributed by atoms with Crippen LogP contribution in [0.25, 0.3) is 10.2 Å². The largest absolute Gasteiger partial charge is 0.497 e. The smallest absolute Gasteiger partial charge is 0.269 e. The quantitative estimate of drug-likeness (QED) is 0.383. The lowest BCUT2D eigenvalue weighted by atomic mass is 10.3. The number of hydrogen-bond donors (Lipinski definition) is 1. The molecule has 1 N–H and O–H groups in total. The van der Waals surface area contributed by atoms with Crippen LogP contribution >= 0.6 is 23.1 Å². The number of non-ortho nitro benzene ring substituents is 1. The minimum atomic E-state index is -0.452. The number of carbonyl (C=O) groups excluding carboxylic acids is 1. The van der Waals surface area contributed by atoms with Crippen LogP contribution in [-0.2, 0) is 4.79 Å². The van der Waals surface area contributed by atoms with E-state index < -0.39 is 4.92 Å². The van der Waals surface area contributed by atoms with E-state index in [0.717, 1.165) is 20.9 Å². The molecular weight excluding hydrogens is 374 g/mol. The number of benzene rings is 2. The van der Waals surface area contributed by atoms with E-state index in [2.05, 4.69) is 10.3 Å². The Hall–Kier alpha value is -2.65. The Morgan fingerprint density at radius 2 is 2.04 bits per heavy atom. The van der Waals surface area contributed by atoms with Gasteiger partial charge in [-0.2, -0.15) is 0 Å². The van der Waals surface area contributed by atoms with Crippen molar-refractivity contribution < 1.29 is 14.5 Å². The number of nitrogens with zero attached hydrogens (tertiary/aromatic N) is 2. The molecule has 134 valence electrons. The van der Waals surface area contributed by atoms with Gasteiger partial charge in [0.1, 0.15) is 5.75 Å². The first-order valence-electron chi connectivity index (χ1n) is 7.63. The molecule has 0 saturated carbocycles. The minimum absolute atomic E-state index is 0.0244. The molecule has 0 saturated heterocycles. The topological polar surface area (TPSA) is 94.4 Å². The highest BCUT2D eigenvalue weighted by atomic mass is 32.2. The van der Waals surface area contributed by atoms with E-state index in [1.165, 1.54) is 35.2 Å². The molecule has 0 aliphatic carbocycles. The molecule has 0 aliphatic heterocycles. The van der Waals surface area contributed by atoms with E-state index in [1.54, 1.807) is 26.2 Å². The fourth-order valence-electron chi connectivity index (χ4n) is 2.20. The summed E-state index contributed by atoms with van der Waals surface area (Å²) < 4.78 is 6.11. The number of carbonyl (C=O) groups is 1. The first kappa shape index (κ1) is 18.2. The van der Waals surface area contributed by atoms with Gasteiger partial charge in [-0.1, -0.05) is 11.3 Å². The number of nitro benzene ring substituents is 1. The molecule has 1 aromatic heterocycles. The maximum Gasteiger partial charge on any atom is 0.269 e. The summed E-state index contributed by atoms with van der Waals surface area (Å²) in [6, 6.07) is 11.7. The third kappa shape index (κ3) is 4.12. The van der Waals surface area contributed by atoms with Gasteiger partial charge in [0.05, 0.1) is 27.5 Å². The third-order valence-electron chi connectivity index (χ3n) is 3.56. The number of nitrogens with one attached hydrogen (secondary N) is 1. The van der Waals surface area contributed by atoms with Gasteiger partial charge in [0, 0.05) is 17.0 Å². The van der Waals surface area contributed by atoms with Gasteiger partial charge in [0.15, 0.2) is 5.13 Å². The molecule has 0 spiro atoms. The number of fused-ring (bicyclic) bond motifs is 1. The Balaban J connectivity index is 1.66. The fourth-order valence-corrected chi connectivity index (χ4v) is 3.96. The average molecular weight is 389 g/mol. The first-order valence-corrected chi connectivity index (χ1v) is 9.32. The van der Waals surface area contributed by atoms with Crippen LogP contribution in [0.2, 0.25) is 0 Å². The number of aromatic nitrogens is 1. The number of amides is 1. The Labute approximate surface area is 157 Å². The summed E-state index contributed by atoms with van der Waals surface area (Å²) in [5.74, 6) is 0.556. The number of anilines is 1. The average Bonchev–Trinajstić information content (AvgIpc) is 3.03. The van der Waals surface area contributed by atoms with Gasteiger partial charge in [-0.05, 0) is 37.3 Å². The van der Waals surface area contributed by atoms with Crippen LogP contribution in [0.1, 0.15) is 6.92 Å². The number of hydrogen-bond acceptors (Lipinski definition) is 7. The lowest BCUT2D eigenvalue weighted by Crippen LogP contribution is -2.22. The molecular formula is C17H15N3O4S2. The molecule has 3 rings (SSSR count). The molecule has 1 unspecified atom stereocenters. The van der Waals surface area contributed by atoms with Gasteiger partial charge in [-0.25, -0.2) is 4.98 Å². The lowest BCUT2D eigenvalue weighted by molar-refractivity contribution is -0.384. The summed E-state index contributed by atoms with van der Waals surface area (Å²) in [5, 5.41) is 13.6. The van der Waals surface area contributed by atoms with Gasteiger partial charge >= 0.3 is 0 Å². The molecule has 2 aromatic carbocycles. The van der Waals surface area contributed by atoms with Gasteiger partial charge in [0.2, 0.25) is 5.91 Å². The van der Waals surface area contributed by atoms with Gasteiger partial charge < -0.3 is 10.1 Å². The zero-order chi connectivity index (χ0) is 18.7. The lowest BCUT2D eigenvalue weighted by Gasteiger charge is -2.10. The van der Waals surface area contributed by atoms with Gasteiger partial charge in [-0.3, -0.25) is 14.9 Å². The second-order valence-electron chi connectivity index (χ2n) is 5.35. The van der Waals surface area contributed by atoms with Crippen LogP contribution in [0.15, 0.2) is 47.4 Å². The van der Waals surface area contributed by atoms with Crippen molar-refractivity contribution in [2.45, 2.75) is 17.1 Å². The van der Waals surface area contributed by atoms with Crippen molar-refractivity contribution in [3.8, 4) is 5.75 Å². The zero-order valence-electron chi connectivity index (χ0n) is 14.0. The summed E-state index contributed by atoms with van der Waals surface area (Å²) in [4.78, 5) is 27.8. The normalized spacial score (nSPS) is 11.9. The maximum atomic E-state index is 12.4. The number of ether oxygens (including phenoxy) is 1. The van der Waals surface area contributed by atoms with Crippen LogP contribution in [-0.4, -0.2) is 28.2 Å². The molecule has 9 heteroatoms. The van der Waals surface area contributed by atoms with E-state index in [4.69, 9.17) is 4.74 Å². The maximum absolute atomic E-state index is 12.4. The monoisotopic (exact) mass is 389 g/mol. The third-order valence-corrected chi connectivity index (χ3v) is 5.60. The molecule has 1 heterocycles. The highest BCUT2D eigenvalue weighted by Crippen LogP contribution is 2.30. The zero-order valence-corrected chi connectivity index (χ0v) is 15.6. The summed E-state index contributed by atoms with van der Waals surface area (Å²) >= 11 is 2.70. The van der Waals surface area contributed by atoms with Gasteiger partial charge in [-0.15, -0.1) is 11.8 Å². The molecule has 3 aromatic rings. The second-order valence-corrected chi connectivity index (χ2v) is 7.80. The van der Waals surface area contributed by atoms with Crippen molar-refractivity contribution in [2.24, 2.45) is 0 Å². The van der Waals surface area contributed by atoms with E-state index in [9.17, 15) is 14.9 Å². The summed E-state index contributed by atoms with van der Waals surface area (Å²) in [6.07, 6.45) is 0.